The van der Waals surface area contributed by atoms with Gasteiger partial charge in [-0.05, 0) is 24.1 Å². The van der Waals surface area contributed by atoms with Gasteiger partial charge in [-0.3, -0.25) is 0 Å². The molecule has 2 aromatic rings. The van der Waals surface area contributed by atoms with E-state index < -0.39 is 0 Å². The monoisotopic (exact) mass is 254 g/mol. The van der Waals surface area contributed by atoms with Crippen molar-refractivity contribution < 1.29 is 4.74 Å². The number of hydrogen-bond acceptors (Lipinski definition) is 4. The molecule has 1 aromatic heterocycles. The van der Waals surface area contributed by atoms with Crippen molar-refractivity contribution >= 4 is 5.82 Å². The number of ether oxygens (including phenoxy) is 1. The summed E-state index contributed by atoms with van der Waals surface area (Å²) in [6.45, 7) is 0.836. The van der Waals surface area contributed by atoms with Crippen LogP contribution in [0.25, 0.3) is 0 Å². The summed E-state index contributed by atoms with van der Waals surface area (Å²) in [5.41, 5.74) is 1.74. The lowest BCUT2D eigenvalue weighted by Crippen LogP contribution is -2.24. The molecule has 96 valence electrons. The van der Waals surface area contributed by atoms with Crippen molar-refractivity contribution in [3.8, 4) is 11.8 Å². The van der Waals surface area contributed by atoms with E-state index in [0.29, 0.717) is 5.56 Å². The number of rotatable bonds is 2. The maximum atomic E-state index is 9.06. The van der Waals surface area contributed by atoms with E-state index in [0.717, 1.165) is 30.1 Å². The Morgan fingerprint density at radius 2 is 2.42 bits per heavy atom. The first-order chi connectivity index (χ1) is 9.33. The van der Waals surface area contributed by atoms with Gasteiger partial charge in [0.05, 0.1) is 19.3 Å². The van der Waals surface area contributed by atoms with E-state index >= 15 is 0 Å². The molecule has 19 heavy (non-hydrogen) atoms. The molecule has 1 unspecified atom stereocenters. The number of fused-ring (bicyclic) bond motifs is 1. The summed E-state index contributed by atoms with van der Waals surface area (Å²) in [7, 11) is 1.66. The average molecular weight is 254 g/mol. The van der Waals surface area contributed by atoms with Crippen LogP contribution in [0.15, 0.2) is 30.5 Å². The van der Waals surface area contributed by atoms with Crippen LogP contribution in [-0.2, 0) is 0 Å². The molecule has 1 atom stereocenters. The standard InChI is InChI=1S/C14H14N4O/c1-19-12-4-2-3-10(7-12)13-5-6-16-14-11(8-15)9-17-18(13)14/h2-4,7,9,13,16H,5-6H2,1H3. The molecular weight excluding hydrogens is 240 g/mol. The first kappa shape index (κ1) is 11.6. The van der Waals surface area contributed by atoms with Crippen molar-refractivity contribution in [3.63, 3.8) is 0 Å². The molecule has 0 saturated heterocycles. The average Bonchev–Trinajstić information content (AvgIpc) is 2.90. The minimum Gasteiger partial charge on any atom is -0.497 e. The van der Waals surface area contributed by atoms with Crippen LogP contribution in [0.4, 0.5) is 5.82 Å². The predicted octanol–water partition coefficient (Wildman–Crippen LogP) is 2.17. The molecule has 0 aliphatic carbocycles. The van der Waals surface area contributed by atoms with Gasteiger partial charge in [0.1, 0.15) is 23.2 Å². The molecule has 5 nitrogen and oxygen atoms in total. The van der Waals surface area contributed by atoms with Gasteiger partial charge >= 0.3 is 0 Å². The van der Waals surface area contributed by atoms with Crippen LogP contribution >= 0.6 is 0 Å². The van der Waals surface area contributed by atoms with E-state index in [4.69, 9.17) is 10.00 Å². The molecule has 0 fully saturated rings. The van der Waals surface area contributed by atoms with Crippen LogP contribution in [-0.4, -0.2) is 23.4 Å². The Balaban J connectivity index is 2.04. The van der Waals surface area contributed by atoms with Crippen LogP contribution in [0.3, 0.4) is 0 Å². The van der Waals surface area contributed by atoms with Gasteiger partial charge in [-0.15, -0.1) is 0 Å². The first-order valence-corrected chi connectivity index (χ1v) is 6.19. The molecule has 5 heteroatoms. The Morgan fingerprint density at radius 1 is 1.53 bits per heavy atom. The van der Waals surface area contributed by atoms with E-state index in [1.165, 1.54) is 0 Å². The molecule has 0 saturated carbocycles. The minimum atomic E-state index is 0.147. The van der Waals surface area contributed by atoms with Gasteiger partial charge in [0.15, 0.2) is 0 Å². The zero-order valence-corrected chi connectivity index (χ0v) is 10.6. The fourth-order valence-electron chi connectivity index (χ4n) is 2.46. The number of nitrogens with zero attached hydrogens (tertiary/aromatic N) is 3. The molecule has 1 aromatic carbocycles. The molecule has 2 heterocycles. The fourth-order valence-corrected chi connectivity index (χ4v) is 2.46. The molecule has 0 radical (unpaired) electrons. The Kier molecular flexibility index (Phi) is 2.84. The molecule has 1 aliphatic rings. The van der Waals surface area contributed by atoms with Gasteiger partial charge < -0.3 is 10.1 Å². The van der Waals surface area contributed by atoms with E-state index in [2.05, 4.69) is 22.6 Å². The lowest BCUT2D eigenvalue weighted by atomic mass is 10.0. The molecule has 0 bridgehead atoms. The first-order valence-electron chi connectivity index (χ1n) is 6.19. The highest BCUT2D eigenvalue weighted by molar-refractivity contribution is 5.53. The van der Waals surface area contributed by atoms with E-state index in [1.54, 1.807) is 13.3 Å². The number of anilines is 1. The van der Waals surface area contributed by atoms with Crippen LogP contribution in [0.1, 0.15) is 23.6 Å². The van der Waals surface area contributed by atoms with Crippen molar-refractivity contribution in [3.05, 3.63) is 41.6 Å². The lowest BCUT2D eigenvalue weighted by molar-refractivity contribution is 0.411. The summed E-state index contributed by atoms with van der Waals surface area (Å²) in [6.07, 6.45) is 2.55. The van der Waals surface area contributed by atoms with Crippen molar-refractivity contribution in [2.45, 2.75) is 12.5 Å². The van der Waals surface area contributed by atoms with Crippen LogP contribution in [0, 0.1) is 11.3 Å². The maximum absolute atomic E-state index is 9.06. The highest BCUT2D eigenvalue weighted by Gasteiger charge is 2.24. The lowest BCUT2D eigenvalue weighted by Gasteiger charge is -2.26. The minimum absolute atomic E-state index is 0.147. The molecule has 0 spiro atoms. The molecule has 0 amide bonds. The summed E-state index contributed by atoms with van der Waals surface area (Å²) < 4.78 is 7.15. The van der Waals surface area contributed by atoms with Crippen molar-refractivity contribution in [1.82, 2.24) is 9.78 Å². The second-order valence-electron chi connectivity index (χ2n) is 4.47. The Bertz CT molecular complexity index is 641. The van der Waals surface area contributed by atoms with Gasteiger partial charge in [0.2, 0.25) is 0 Å². The zero-order chi connectivity index (χ0) is 13.2. The number of nitrogens with one attached hydrogen (secondary N) is 1. The Labute approximate surface area is 111 Å². The normalized spacial score (nSPS) is 17.2. The third-order valence-electron chi connectivity index (χ3n) is 3.40. The van der Waals surface area contributed by atoms with Gasteiger partial charge in [0, 0.05) is 6.54 Å². The maximum Gasteiger partial charge on any atom is 0.143 e. The van der Waals surface area contributed by atoms with E-state index in [-0.39, 0.29) is 6.04 Å². The van der Waals surface area contributed by atoms with Crippen molar-refractivity contribution in [2.24, 2.45) is 0 Å². The molecule has 1 aliphatic heterocycles. The third kappa shape index (κ3) is 1.91. The van der Waals surface area contributed by atoms with Crippen molar-refractivity contribution in [2.75, 3.05) is 19.0 Å². The van der Waals surface area contributed by atoms with Crippen LogP contribution < -0.4 is 10.1 Å². The van der Waals surface area contributed by atoms with Gasteiger partial charge in [-0.1, -0.05) is 12.1 Å². The number of aromatic nitrogens is 2. The molecule has 3 rings (SSSR count). The number of nitriles is 1. The summed E-state index contributed by atoms with van der Waals surface area (Å²) in [5.74, 6) is 1.65. The van der Waals surface area contributed by atoms with Crippen LogP contribution in [0.5, 0.6) is 5.75 Å². The summed E-state index contributed by atoms with van der Waals surface area (Å²) >= 11 is 0. The largest absolute Gasteiger partial charge is 0.497 e. The smallest absolute Gasteiger partial charge is 0.143 e. The van der Waals surface area contributed by atoms with Crippen molar-refractivity contribution in [1.29, 1.82) is 5.26 Å². The topological polar surface area (TPSA) is 62.9 Å². The van der Waals surface area contributed by atoms with Crippen LogP contribution in [0.2, 0.25) is 0 Å². The summed E-state index contributed by atoms with van der Waals surface area (Å²) in [5, 5.41) is 16.6. The quantitative estimate of drug-likeness (QED) is 0.892. The highest BCUT2D eigenvalue weighted by atomic mass is 16.5. The number of benzene rings is 1. The van der Waals surface area contributed by atoms with E-state index in [9.17, 15) is 0 Å². The Hall–Kier alpha value is -2.48. The third-order valence-corrected chi connectivity index (χ3v) is 3.40. The number of methoxy groups -OCH3 is 1. The molecule has 1 N–H and O–H groups in total. The zero-order valence-electron chi connectivity index (χ0n) is 10.6. The Morgan fingerprint density at radius 3 is 3.21 bits per heavy atom. The number of hydrogen-bond donors (Lipinski definition) is 1. The van der Waals surface area contributed by atoms with Gasteiger partial charge in [0.25, 0.3) is 0 Å². The van der Waals surface area contributed by atoms with Gasteiger partial charge in [-0.2, -0.15) is 10.4 Å². The predicted molar refractivity (Wildman–Crippen MR) is 71.2 cm³/mol. The summed E-state index contributed by atoms with van der Waals surface area (Å²) in [4.78, 5) is 0. The second kappa shape index (κ2) is 4.65. The highest BCUT2D eigenvalue weighted by Crippen LogP contribution is 2.32. The summed E-state index contributed by atoms with van der Waals surface area (Å²) in [6, 6.07) is 10.3. The fraction of sp³-hybridized carbons (Fsp3) is 0.286. The van der Waals surface area contributed by atoms with Gasteiger partial charge in [-0.25, -0.2) is 4.68 Å². The van der Waals surface area contributed by atoms with E-state index in [1.807, 2.05) is 22.9 Å². The SMILES string of the molecule is COc1cccc(C2CCNc3c(C#N)cnn32)c1. The molecular formula is C14H14N4O. The second-order valence-corrected chi connectivity index (χ2v) is 4.47.